The van der Waals surface area contributed by atoms with E-state index < -0.39 is 0 Å². The Hall–Kier alpha value is -1.91. The maximum atomic E-state index is 12.9. The molecule has 0 saturated carbocycles. The molecule has 1 heterocycles. The number of halogens is 1. The highest BCUT2D eigenvalue weighted by Gasteiger charge is 2.28. The molecule has 1 saturated heterocycles. The maximum Gasteiger partial charge on any atom is 0.227 e. The van der Waals surface area contributed by atoms with Crippen molar-refractivity contribution in [3.8, 4) is 0 Å². The van der Waals surface area contributed by atoms with Gasteiger partial charge in [0, 0.05) is 33.6 Å². The standard InChI is InChI=1S/C17H23FN2O2/c1-13(21)20-10-3-4-15(12-20)17(22)19(2)11-9-14-5-7-16(18)8-6-14/h5-8,15H,3-4,9-12H2,1-2H3. The summed E-state index contributed by atoms with van der Waals surface area (Å²) in [5.74, 6) is -0.227. The zero-order chi connectivity index (χ0) is 16.1. The van der Waals surface area contributed by atoms with Crippen LogP contribution >= 0.6 is 0 Å². The van der Waals surface area contributed by atoms with E-state index in [-0.39, 0.29) is 23.5 Å². The van der Waals surface area contributed by atoms with Gasteiger partial charge in [-0.3, -0.25) is 9.59 Å². The van der Waals surface area contributed by atoms with Gasteiger partial charge in [0.2, 0.25) is 11.8 Å². The number of amides is 2. The molecule has 0 spiro atoms. The lowest BCUT2D eigenvalue weighted by molar-refractivity contribution is -0.139. The maximum absolute atomic E-state index is 12.9. The molecule has 1 aromatic rings. The summed E-state index contributed by atoms with van der Waals surface area (Å²) in [6.07, 6.45) is 2.41. The topological polar surface area (TPSA) is 40.6 Å². The summed E-state index contributed by atoms with van der Waals surface area (Å²) < 4.78 is 12.9. The normalized spacial score (nSPS) is 18.1. The number of hydrogen-bond acceptors (Lipinski definition) is 2. The Kier molecular flexibility index (Phi) is 5.52. The number of carbonyl (C=O) groups excluding carboxylic acids is 2. The quantitative estimate of drug-likeness (QED) is 0.854. The van der Waals surface area contributed by atoms with Gasteiger partial charge in [0.15, 0.2) is 0 Å². The fourth-order valence-corrected chi connectivity index (χ4v) is 2.83. The van der Waals surface area contributed by atoms with E-state index in [1.54, 1.807) is 35.9 Å². The molecule has 22 heavy (non-hydrogen) atoms. The molecular weight excluding hydrogens is 283 g/mol. The van der Waals surface area contributed by atoms with Crippen LogP contribution in [0.2, 0.25) is 0 Å². The Morgan fingerprint density at radius 3 is 2.64 bits per heavy atom. The minimum Gasteiger partial charge on any atom is -0.345 e. The van der Waals surface area contributed by atoms with Crippen molar-refractivity contribution >= 4 is 11.8 Å². The van der Waals surface area contributed by atoms with Crippen LogP contribution in [0.25, 0.3) is 0 Å². The van der Waals surface area contributed by atoms with Crippen LogP contribution in [-0.4, -0.2) is 48.3 Å². The first-order chi connectivity index (χ1) is 10.5. The molecule has 1 aromatic carbocycles. The lowest BCUT2D eigenvalue weighted by atomic mass is 9.96. The smallest absolute Gasteiger partial charge is 0.227 e. The number of hydrogen-bond donors (Lipinski definition) is 0. The molecule has 1 aliphatic heterocycles. The van der Waals surface area contributed by atoms with Crippen molar-refractivity contribution in [3.63, 3.8) is 0 Å². The fraction of sp³-hybridized carbons (Fsp3) is 0.529. The summed E-state index contributed by atoms with van der Waals surface area (Å²) in [6, 6.07) is 6.35. The molecule has 2 rings (SSSR count). The minimum absolute atomic E-state index is 0.0338. The third kappa shape index (κ3) is 4.29. The molecule has 0 bridgehead atoms. The molecule has 4 nitrogen and oxygen atoms in total. The molecule has 0 N–H and O–H groups in total. The van der Waals surface area contributed by atoms with E-state index in [2.05, 4.69) is 0 Å². The molecule has 5 heteroatoms. The van der Waals surface area contributed by atoms with Crippen LogP contribution in [-0.2, 0) is 16.0 Å². The van der Waals surface area contributed by atoms with E-state index in [4.69, 9.17) is 0 Å². The van der Waals surface area contributed by atoms with E-state index >= 15 is 0 Å². The van der Waals surface area contributed by atoms with Crippen LogP contribution in [0, 0.1) is 11.7 Å². The second-order valence-corrected chi connectivity index (χ2v) is 5.94. The van der Waals surface area contributed by atoms with Gasteiger partial charge in [-0.2, -0.15) is 0 Å². The second-order valence-electron chi connectivity index (χ2n) is 5.94. The van der Waals surface area contributed by atoms with E-state index in [1.165, 1.54) is 12.1 Å². The average Bonchev–Trinajstić information content (AvgIpc) is 2.53. The third-order valence-electron chi connectivity index (χ3n) is 4.24. The van der Waals surface area contributed by atoms with Crippen LogP contribution in [0.1, 0.15) is 25.3 Å². The van der Waals surface area contributed by atoms with Gasteiger partial charge in [0.05, 0.1) is 5.92 Å². The molecule has 0 radical (unpaired) electrons. The summed E-state index contributed by atoms with van der Waals surface area (Å²) in [4.78, 5) is 27.4. The zero-order valence-corrected chi connectivity index (χ0v) is 13.2. The lowest BCUT2D eigenvalue weighted by Gasteiger charge is -2.33. The SMILES string of the molecule is CC(=O)N1CCCC(C(=O)N(C)CCc2ccc(F)cc2)C1. The number of likely N-dealkylation sites (N-methyl/N-ethyl adjacent to an activating group) is 1. The summed E-state index contributed by atoms with van der Waals surface area (Å²) in [7, 11) is 1.79. The van der Waals surface area contributed by atoms with Crippen molar-refractivity contribution in [1.82, 2.24) is 9.80 Å². The third-order valence-corrected chi connectivity index (χ3v) is 4.24. The highest BCUT2D eigenvalue weighted by atomic mass is 19.1. The predicted molar refractivity (Wildman–Crippen MR) is 82.7 cm³/mol. The van der Waals surface area contributed by atoms with Crippen molar-refractivity contribution in [2.75, 3.05) is 26.7 Å². The Morgan fingerprint density at radius 1 is 1.32 bits per heavy atom. The average molecular weight is 306 g/mol. The largest absolute Gasteiger partial charge is 0.345 e. The van der Waals surface area contributed by atoms with Gasteiger partial charge in [0.25, 0.3) is 0 Å². The molecule has 0 aliphatic carbocycles. The zero-order valence-electron chi connectivity index (χ0n) is 13.2. The molecule has 120 valence electrons. The van der Waals surface area contributed by atoms with Crippen LogP contribution < -0.4 is 0 Å². The van der Waals surface area contributed by atoms with E-state index in [0.717, 1.165) is 24.9 Å². The van der Waals surface area contributed by atoms with Crippen molar-refractivity contribution in [2.45, 2.75) is 26.2 Å². The molecular formula is C17H23FN2O2. The van der Waals surface area contributed by atoms with Crippen LogP contribution in [0.5, 0.6) is 0 Å². The summed E-state index contributed by atoms with van der Waals surface area (Å²) in [5, 5.41) is 0. The van der Waals surface area contributed by atoms with Gasteiger partial charge >= 0.3 is 0 Å². The van der Waals surface area contributed by atoms with Crippen LogP contribution in [0.3, 0.4) is 0 Å². The van der Waals surface area contributed by atoms with Gasteiger partial charge in [-0.15, -0.1) is 0 Å². The molecule has 1 unspecified atom stereocenters. The Morgan fingerprint density at radius 2 is 2.00 bits per heavy atom. The number of piperidine rings is 1. The van der Waals surface area contributed by atoms with Gasteiger partial charge in [-0.05, 0) is 37.0 Å². The number of likely N-dealkylation sites (tertiary alicyclic amines) is 1. The van der Waals surface area contributed by atoms with E-state index in [9.17, 15) is 14.0 Å². The first-order valence-corrected chi connectivity index (χ1v) is 7.72. The van der Waals surface area contributed by atoms with Crippen LogP contribution in [0.4, 0.5) is 4.39 Å². The molecule has 0 aromatic heterocycles. The van der Waals surface area contributed by atoms with Crippen molar-refractivity contribution in [2.24, 2.45) is 5.92 Å². The van der Waals surface area contributed by atoms with Crippen LogP contribution in [0.15, 0.2) is 24.3 Å². The Bertz CT molecular complexity index is 530. The molecule has 2 amide bonds. The van der Waals surface area contributed by atoms with Crippen molar-refractivity contribution in [1.29, 1.82) is 0 Å². The van der Waals surface area contributed by atoms with Gasteiger partial charge < -0.3 is 9.80 Å². The lowest BCUT2D eigenvalue weighted by Crippen LogP contribution is -2.45. The summed E-state index contributed by atoms with van der Waals surface area (Å²) in [5.41, 5.74) is 1.01. The fourth-order valence-electron chi connectivity index (χ4n) is 2.83. The first-order valence-electron chi connectivity index (χ1n) is 7.72. The number of rotatable bonds is 4. The highest BCUT2D eigenvalue weighted by molar-refractivity contribution is 5.80. The van der Waals surface area contributed by atoms with E-state index in [1.807, 2.05) is 0 Å². The van der Waals surface area contributed by atoms with Crippen molar-refractivity contribution in [3.05, 3.63) is 35.6 Å². The van der Waals surface area contributed by atoms with Gasteiger partial charge in [-0.1, -0.05) is 12.1 Å². The molecule has 1 atom stereocenters. The Labute approximate surface area is 130 Å². The second kappa shape index (κ2) is 7.38. The number of carbonyl (C=O) groups is 2. The summed E-state index contributed by atoms with van der Waals surface area (Å²) in [6.45, 7) is 3.42. The number of benzene rings is 1. The molecule has 1 aliphatic rings. The van der Waals surface area contributed by atoms with Crippen molar-refractivity contribution < 1.29 is 14.0 Å². The van der Waals surface area contributed by atoms with E-state index in [0.29, 0.717) is 19.5 Å². The number of nitrogens with zero attached hydrogens (tertiary/aromatic N) is 2. The first kappa shape index (κ1) is 16.5. The molecule has 1 fully saturated rings. The van der Waals surface area contributed by atoms with Gasteiger partial charge in [-0.25, -0.2) is 4.39 Å². The summed E-state index contributed by atoms with van der Waals surface area (Å²) >= 11 is 0. The van der Waals surface area contributed by atoms with Gasteiger partial charge in [0.1, 0.15) is 5.82 Å². The highest BCUT2D eigenvalue weighted by Crippen LogP contribution is 2.18. The monoisotopic (exact) mass is 306 g/mol. The minimum atomic E-state index is -0.250. The Balaban J connectivity index is 1.86. The predicted octanol–water partition coefficient (Wildman–Crippen LogP) is 2.09.